The van der Waals surface area contributed by atoms with E-state index < -0.39 is 12.3 Å². The first-order chi connectivity index (χ1) is 4.70. The van der Waals surface area contributed by atoms with Crippen molar-refractivity contribution in [3.63, 3.8) is 0 Å². The monoisotopic (exact) mass is 168 g/mol. The minimum Gasteiger partial charge on any atom is -0.433 e. The lowest BCUT2D eigenvalue weighted by Gasteiger charge is -2.11. The van der Waals surface area contributed by atoms with E-state index in [0.29, 0.717) is 0 Å². The normalized spacial score (nSPS) is 12.7. The van der Waals surface area contributed by atoms with E-state index in [-0.39, 0.29) is 6.61 Å². The van der Waals surface area contributed by atoms with Gasteiger partial charge in [0.15, 0.2) is 0 Å². The highest BCUT2D eigenvalue weighted by Gasteiger charge is 2.09. The Morgan fingerprint density at radius 2 is 2.30 bits per heavy atom. The van der Waals surface area contributed by atoms with E-state index in [1.807, 2.05) is 0 Å². The molecule has 0 rings (SSSR count). The van der Waals surface area contributed by atoms with Crippen LogP contribution in [-0.4, -0.2) is 26.0 Å². The zero-order valence-electron chi connectivity index (χ0n) is 5.80. The van der Waals surface area contributed by atoms with Crippen LogP contribution in [0.5, 0.6) is 0 Å². The molecule has 0 aromatic carbocycles. The predicted molar refractivity (Wildman–Crippen MR) is 34.4 cm³/mol. The molecular formula is C5H9ClO4. The second-order valence-electron chi connectivity index (χ2n) is 1.55. The second-order valence-corrected chi connectivity index (χ2v) is 1.77. The van der Waals surface area contributed by atoms with Crippen LogP contribution in [0.3, 0.4) is 0 Å². The van der Waals surface area contributed by atoms with Crippen LogP contribution in [0.25, 0.3) is 0 Å². The lowest BCUT2D eigenvalue weighted by molar-refractivity contribution is -0.175. The van der Waals surface area contributed by atoms with Gasteiger partial charge in [0.1, 0.15) is 6.61 Å². The first kappa shape index (κ1) is 9.68. The highest BCUT2D eigenvalue weighted by molar-refractivity contribution is 6.07. The summed E-state index contributed by atoms with van der Waals surface area (Å²) in [4.78, 5) is 10.3. The Kier molecular flexibility index (Phi) is 5.29. The van der Waals surface area contributed by atoms with E-state index in [4.69, 9.17) is 11.9 Å². The van der Waals surface area contributed by atoms with Crippen molar-refractivity contribution in [1.82, 2.24) is 0 Å². The summed E-state index contributed by atoms with van der Waals surface area (Å²) in [5.74, 6) is -0.430. The standard InChI is InChI=1S/C5H9ClO4/c1-4(7)10-5(8-2)3-9-6/h5H,3H2,1-2H3. The van der Waals surface area contributed by atoms with Crippen LogP contribution in [0, 0.1) is 0 Å². The molecule has 0 aliphatic heterocycles. The quantitative estimate of drug-likeness (QED) is 0.458. The maximum Gasteiger partial charge on any atom is 0.305 e. The number of rotatable bonds is 4. The number of carbonyl (C=O) groups excluding carboxylic acids is 1. The van der Waals surface area contributed by atoms with Crippen molar-refractivity contribution in [2.24, 2.45) is 0 Å². The topological polar surface area (TPSA) is 44.8 Å². The molecule has 0 heterocycles. The molecule has 1 unspecified atom stereocenters. The van der Waals surface area contributed by atoms with Gasteiger partial charge < -0.3 is 9.47 Å². The number of esters is 1. The molecule has 0 aliphatic rings. The van der Waals surface area contributed by atoms with E-state index in [1.165, 1.54) is 14.0 Å². The molecule has 0 spiro atoms. The fourth-order valence-corrected chi connectivity index (χ4v) is 0.490. The Balaban J connectivity index is 3.49. The van der Waals surface area contributed by atoms with Gasteiger partial charge >= 0.3 is 5.97 Å². The summed E-state index contributed by atoms with van der Waals surface area (Å²) in [6.45, 7) is 1.30. The van der Waals surface area contributed by atoms with Gasteiger partial charge in [-0.25, -0.2) is 0 Å². The first-order valence-corrected chi connectivity index (χ1v) is 2.95. The molecule has 1 atom stereocenters. The van der Waals surface area contributed by atoms with Gasteiger partial charge in [0.2, 0.25) is 6.29 Å². The van der Waals surface area contributed by atoms with Crippen molar-refractivity contribution >= 4 is 17.8 Å². The molecule has 10 heavy (non-hydrogen) atoms. The molecule has 0 aromatic heterocycles. The molecule has 0 radical (unpaired) electrons. The van der Waals surface area contributed by atoms with Crippen molar-refractivity contribution in [1.29, 1.82) is 0 Å². The molecular weight excluding hydrogens is 160 g/mol. The lowest BCUT2D eigenvalue weighted by Crippen LogP contribution is -2.22. The number of methoxy groups -OCH3 is 1. The van der Waals surface area contributed by atoms with Crippen LogP contribution in [0.1, 0.15) is 6.92 Å². The summed E-state index contributed by atoms with van der Waals surface area (Å²) in [6, 6.07) is 0. The molecule has 0 aliphatic carbocycles. The van der Waals surface area contributed by atoms with Gasteiger partial charge in [-0.1, -0.05) is 0 Å². The largest absolute Gasteiger partial charge is 0.433 e. The molecule has 0 amide bonds. The Morgan fingerprint density at radius 3 is 2.60 bits per heavy atom. The number of hydrogen-bond donors (Lipinski definition) is 0. The number of carbonyl (C=O) groups is 1. The van der Waals surface area contributed by atoms with Crippen molar-refractivity contribution < 1.29 is 18.6 Å². The summed E-state index contributed by atoms with van der Waals surface area (Å²) in [6.07, 6.45) is -0.713. The molecule has 0 saturated carbocycles. The van der Waals surface area contributed by atoms with E-state index >= 15 is 0 Å². The molecule has 60 valence electrons. The van der Waals surface area contributed by atoms with Gasteiger partial charge in [-0.3, -0.25) is 9.08 Å². The van der Waals surface area contributed by atoms with E-state index in [2.05, 4.69) is 13.8 Å². The molecule has 5 heteroatoms. The average molecular weight is 169 g/mol. The predicted octanol–water partition coefficient (Wildman–Crippen LogP) is 0.692. The van der Waals surface area contributed by atoms with Gasteiger partial charge in [0.05, 0.1) is 11.9 Å². The van der Waals surface area contributed by atoms with E-state index in [1.54, 1.807) is 0 Å². The molecule has 0 fully saturated rings. The van der Waals surface area contributed by atoms with Crippen molar-refractivity contribution in [2.45, 2.75) is 13.2 Å². The molecule has 0 bridgehead atoms. The van der Waals surface area contributed by atoms with Gasteiger partial charge in [-0.15, -0.1) is 0 Å². The third kappa shape index (κ3) is 4.55. The molecule has 0 aromatic rings. The molecule has 0 N–H and O–H groups in total. The number of halogens is 1. The Bertz CT molecular complexity index is 106. The Labute approximate surface area is 64.2 Å². The fourth-order valence-electron chi connectivity index (χ4n) is 0.387. The van der Waals surface area contributed by atoms with Crippen LogP contribution >= 0.6 is 11.9 Å². The maximum atomic E-state index is 10.3. The molecule has 0 saturated heterocycles. The lowest BCUT2D eigenvalue weighted by atomic mass is 10.7. The summed E-state index contributed by atoms with van der Waals surface area (Å²) in [7, 11) is 1.39. The van der Waals surface area contributed by atoms with Gasteiger partial charge in [0, 0.05) is 14.0 Å². The summed E-state index contributed by atoms with van der Waals surface area (Å²) >= 11 is 4.89. The van der Waals surface area contributed by atoms with E-state index in [9.17, 15) is 4.79 Å². The minimum absolute atomic E-state index is 0.0254. The van der Waals surface area contributed by atoms with Crippen molar-refractivity contribution in [3.8, 4) is 0 Å². The van der Waals surface area contributed by atoms with Crippen LogP contribution in [0.2, 0.25) is 0 Å². The van der Waals surface area contributed by atoms with Crippen molar-refractivity contribution in [3.05, 3.63) is 0 Å². The third-order valence-corrected chi connectivity index (χ3v) is 0.885. The third-order valence-electron chi connectivity index (χ3n) is 0.759. The maximum absolute atomic E-state index is 10.3. The minimum atomic E-state index is -0.713. The highest BCUT2D eigenvalue weighted by atomic mass is 35.5. The summed E-state index contributed by atoms with van der Waals surface area (Å²) in [5, 5.41) is 0. The van der Waals surface area contributed by atoms with Gasteiger partial charge in [-0.05, 0) is 0 Å². The highest BCUT2D eigenvalue weighted by Crippen LogP contribution is 1.95. The summed E-state index contributed by atoms with van der Waals surface area (Å²) in [5.41, 5.74) is 0. The van der Waals surface area contributed by atoms with Crippen LogP contribution < -0.4 is 0 Å². The number of hydrogen-bond acceptors (Lipinski definition) is 4. The zero-order valence-corrected chi connectivity index (χ0v) is 6.55. The Hall–Kier alpha value is -0.320. The first-order valence-electron chi connectivity index (χ1n) is 2.64. The van der Waals surface area contributed by atoms with Crippen LogP contribution in [0.15, 0.2) is 0 Å². The smallest absolute Gasteiger partial charge is 0.305 e. The van der Waals surface area contributed by atoms with Crippen LogP contribution in [-0.2, 0) is 18.6 Å². The van der Waals surface area contributed by atoms with Crippen molar-refractivity contribution in [2.75, 3.05) is 13.7 Å². The average Bonchev–Trinajstić information content (AvgIpc) is 1.86. The second kappa shape index (κ2) is 5.46. The fraction of sp³-hybridized carbons (Fsp3) is 0.800. The molecule has 4 nitrogen and oxygen atoms in total. The van der Waals surface area contributed by atoms with E-state index in [0.717, 1.165) is 0 Å². The zero-order chi connectivity index (χ0) is 7.98. The SMILES string of the molecule is COC(COCl)OC(C)=O. The number of ether oxygens (including phenoxy) is 2. The Morgan fingerprint density at radius 1 is 1.70 bits per heavy atom. The van der Waals surface area contributed by atoms with Gasteiger partial charge in [-0.2, -0.15) is 0 Å². The van der Waals surface area contributed by atoms with Crippen LogP contribution in [0.4, 0.5) is 0 Å². The summed E-state index contributed by atoms with van der Waals surface area (Å²) < 4.78 is 13.4. The van der Waals surface area contributed by atoms with Gasteiger partial charge in [0.25, 0.3) is 0 Å².